The molecule has 0 saturated heterocycles. The lowest BCUT2D eigenvalue weighted by Crippen LogP contribution is -2.30. The summed E-state index contributed by atoms with van der Waals surface area (Å²) in [6, 6.07) is 0. The highest BCUT2D eigenvalue weighted by atomic mass is 16.1. The molecule has 0 radical (unpaired) electrons. The van der Waals surface area contributed by atoms with E-state index in [1.165, 1.54) is 12.0 Å². The van der Waals surface area contributed by atoms with Crippen molar-refractivity contribution >= 4 is 5.78 Å². The minimum Gasteiger partial charge on any atom is -0.295 e. The zero-order chi connectivity index (χ0) is 10.3. The fraction of sp³-hybridized carbons (Fsp3) is 0.769. The summed E-state index contributed by atoms with van der Waals surface area (Å²) in [5, 5.41) is 0. The van der Waals surface area contributed by atoms with E-state index in [0.29, 0.717) is 11.2 Å². The molecule has 2 atom stereocenters. The Balaban J connectivity index is 2.32. The molecule has 0 aromatic rings. The number of hydrogen-bond donors (Lipinski definition) is 0. The average Bonchev–Trinajstić information content (AvgIpc) is 2.43. The van der Waals surface area contributed by atoms with Gasteiger partial charge in [-0.2, -0.15) is 0 Å². The maximum absolute atomic E-state index is 11.3. The van der Waals surface area contributed by atoms with Crippen LogP contribution in [0.15, 0.2) is 11.6 Å². The van der Waals surface area contributed by atoms with E-state index in [1.807, 2.05) is 6.08 Å². The van der Waals surface area contributed by atoms with Gasteiger partial charge in [0.25, 0.3) is 0 Å². The fourth-order valence-corrected chi connectivity index (χ4v) is 3.45. The van der Waals surface area contributed by atoms with Gasteiger partial charge >= 0.3 is 0 Å². The second-order valence-electron chi connectivity index (χ2n) is 5.44. The van der Waals surface area contributed by atoms with Gasteiger partial charge in [-0.3, -0.25) is 4.79 Å². The standard InChI is InChI=1S/C13H20O/c1-9(2)12-5-4-10-8-11(14)6-7-13(10,12)3/h8-9,12H,4-7H2,1-3H3/t12-,13+/m1/s1. The number of carbonyl (C=O) groups excluding carboxylic acids is 1. The molecule has 0 heterocycles. The van der Waals surface area contributed by atoms with Crippen molar-refractivity contribution in [3.63, 3.8) is 0 Å². The van der Waals surface area contributed by atoms with Gasteiger partial charge in [0.1, 0.15) is 0 Å². The highest BCUT2D eigenvalue weighted by Crippen LogP contribution is 2.54. The molecule has 1 fully saturated rings. The van der Waals surface area contributed by atoms with Gasteiger partial charge in [0.2, 0.25) is 0 Å². The Kier molecular flexibility index (Phi) is 2.29. The van der Waals surface area contributed by atoms with Gasteiger partial charge in [-0.25, -0.2) is 0 Å². The van der Waals surface area contributed by atoms with Crippen molar-refractivity contribution in [3.8, 4) is 0 Å². The number of hydrogen-bond acceptors (Lipinski definition) is 1. The summed E-state index contributed by atoms with van der Waals surface area (Å²) in [6.45, 7) is 6.99. The fourth-order valence-electron chi connectivity index (χ4n) is 3.45. The topological polar surface area (TPSA) is 17.1 Å². The molecule has 0 bridgehead atoms. The third-order valence-corrected chi connectivity index (χ3v) is 4.31. The van der Waals surface area contributed by atoms with Crippen molar-refractivity contribution in [3.05, 3.63) is 11.6 Å². The van der Waals surface area contributed by atoms with E-state index in [4.69, 9.17) is 0 Å². The first kappa shape index (κ1) is 9.95. The van der Waals surface area contributed by atoms with Gasteiger partial charge in [-0.15, -0.1) is 0 Å². The van der Waals surface area contributed by atoms with Crippen LogP contribution in [0.1, 0.15) is 46.5 Å². The minimum absolute atomic E-state index is 0.349. The van der Waals surface area contributed by atoms with E-state index in [9.17, 15) is 4.79 Å². The molecule has 0 aliphatic heterocycles. The second-order valence-corrected chi connectivity index (χ2v) is 5.44. The van der Waals surface area contributed by atoms with Crippen LogP contribution in [-0.2, 0) is 4.79 Å². The van der Waals surface area contributed by atoms with Crippen LogP contribution in [0, 0.1) is 17.3 Å². The zero-order valence-electron chi connectivity index (χ0n) is 9.47. The van der Waals surface area contributed by atoms with Crippen LogP contribution in [0.25, 0.3) is 0 Å². The number of allylic oxidation sites excluding steroid dienone is 2. The van der Waals surface area contributed by atoms with Gasteiger partial charge in [-0.05, 0) is 42.6 Å². The Morgan fingerprint density at radius 1 is 1.43 bits per heavy atom. The van der Waals surface area contributed by atoms with Crippen LogP contribution < -0.4 is 0 Å². The van der Waals surface area contributed by atoms with E-state index in [2.05, 4.69) is 20.8 Å². The zero-order valence-corrected chi connectivity index (χ0v) is 9.47. The van der Waals surface area contributed by atoms with Crippen LogP contribution in [-0.4, -0.2) is 5.78 Å². The first-order chi connectivity index (χ1) is 6.54. The molecular weight excluding hydrogens is 172 g/mol. The quantitative estimate of drug-likeness (QED) is 0.622. The predicted molar refractivity (Wildman–Crippen MR) is 58.0 cm³/mol. The highest BCUT2D eigenvalue weighted by Gasteiger charge is 2.45. The molecule has 2 aliphatic carbocycles. The smallest absolute Gasteiger partial charge is 0.155 e. The normalized spacial score (nSPS) is 37.3. The molecule has 0 unspecified atom stereocenters. The lowest BCUT2D eigenvalue weighted by molar-refractivity contribution is -0.115. The van der Waals surface area contributed by atoms with Crippen LogP contribution >= 0.6 is 0 Å². The lowest BCUT2D eigenvalue weighted by atomic mass is 9.67. The minimum atomic E-state index is 0.349. The molecule has 1 saturated carbocycles. The third-order valence-electron chi connectivity index (χ3n) is 4.31. The van der Waals surface area contributed by atoms with Crippen LogP contribution in [0.2, 0.25) is 0 Å². The SMILES string of the molecule is CC(C)[C@H]1CCC2=CC(=O)CC[C@@]21C. The van der Waals surface area contributed by atoms with E-state index in [0.717, 1.165) is 31.1 Å². The molecule has 0 amide bonds. The van der Waals surface area contributed by atoms with Crippen LogP contribution in [0.5, 0.6) is 0 Å². The summed E-state index contributed by atoms with van der Waals surface area (Å²) >= 11 is 0. The van der Waals surface area contributed by atoms with Gasteiger partial charge in [0.05, 0.1) is 0 Å². The number of carbonyl (C=O) groups is 1. The Morgan fingerprint density at radius 3 is 2.79 bits per heavy atom. The maximum Gasteiger partial charge on any atom is 0.155 e. The number of fused-ring (bicyclic) bond motifs is 1. The van der Waals surface area contributed by atoms with Crippen molar-refractivity contribution in [1.82, 2.24) is 0 Å². The van der Waals surface area contributed by atoms with E-state index in [-0.39, 0.29) is 0 Å². The second kappa shape index (κ2) is 3.22. The molecule has 0 spiro atoms. The van der Waals surface area contributed by atoms with Crippen LogP contribution in [0.3, 0.4) is 0 Å². The van der Waals surface area contributed by atoms with Gasteiger partial charge in [-0.1, -0.05) is 26.3 Å². The summed E-state index contributed by atoms with van der Waals surface area (Å²) < 4.78 is 0. The van der Waals surface area contributed by atoms with Gasteiger partial charge in [0, 0.05) is 6.42 Å². The van der Waals surface area contributed by atoms with Crippen molar-refractivity contribution < 1.29 is 4.79 Å². The first-order valence-corrected chi connectivity index (χ1v) is 5.78. The first-order valence-electron chi connectivity index (χ1n) is 5.78. The molecule has 2 rings (SSSR count). The average molecular weight is 192 g/mol. The Bertz CT molecular complexity index is 288. The summed E-state index contributed by atoms with van der Waals surface area (Å²) in [7, 11) is 0. The van der Waals surface area contributed by atoms with Crippen molar-refractivity contribution in [2.45, 2.75) is 46.5 Å². The highest BCUT2D eigenvalue weighted by molar-refractivity contribution is 5.91. The Hall–Kier alpha value is -0.590. The summed E-state index contributed by atoms with van der Waals surface area (Å²) in [6.07, 6.45) is 6.23. The molecule has 78 valence electrons. The molecule has 0 aromatic heterocycles. The van der Waals surface area contributed by atoms with E-state index < -0.39 is 0 Å². The number of rotatable bonds is 1. The molecule has 1 nitrogen and oxygen atoms in total. The van der Waals surface area contributed by atoms with Gasteiger partial charge < -0.3 is 0 Å². The van der Waals surface area contributed by atoms with Gasteiger partial charge in [0.15, 0.2) is 5.78 Å². The lowest BCUT2D eigenvalue weighted by Gasteiger charge is -2.37. The molecule has 0 N–H and O–H groups in total. The van der Waals surface area contributed by atoms with Crippen molar-refractivity contribution in [1.29, 1.82) is 0 Å². The maximum atomic E-state index is 11.3. The molecule has 0 aromatic carbocycles. The molecule has 2 aliphatic rings. The van der Waals surface area contributed by atoms with E-state index in [1.54, 1.807) is 0 Å². The van der Waals surface area contributed by atoms with E-state index >= 15 is 0 Å². The summed E-state index contributed by atoms with van der Waals surface area (Å²) in [4.78, 5) is 11.3. The predicted octanol–water partition coefficient (Wildman–Crippen LogP) is 3.35. The third kappa shape index (κ3) is 1.34. The summed E-state index contributed by atoms with van der Waals surface area (Å²) in [5.41, 5.74) is 1.79. The largest absolute Gasteiger partial charge is 0.295 e. The molecule has 1 heteroatoms. The Morgan fingerprint density at radius 2 is 2.14 bits per heavy atom. The molecular formula is C13H20O. The molecule has 14 heavy (non-hydrogen) atoms. The van der Waals surface area contributed by atoms with Crippen LogP contribution in [0.4, 0.5) is 0 Å². The van der Waals surface area contributed by atoms with Crippen molar-refractivity contribution in [2.24, 2.45) is 17.3 Å². The monoisotopic (exact) mass is 192 g/mol. The number of ketones is 1. The van der Waals surface area contributed by atoms with Crippen molar-refractivity contribution in [2.75, 3.05) is 0 Å². The Labute approximate surface area is 86.6 Å². The summed E-state index contributed by atoms with van der Waals surface area (Å²) in [5.74, 6) is 1.89.